The number of benzene rings is 1. The highest BCUT2D eigenvalue weighted by atomic mass is 79.9. The summed E-state index contributed by atoms with van der Waals surface area (Å²) in [5.74, 6) is 2.54. The largest absolute Gasteiger partial charge is 0.497 e. The van der Waals surface area contributed by atoms with E-state index in [9.17, 15) is 0 Å². The van der Waals surface area contributed by atoms with E-state index in [4.69, 9.17) is 9.47 Å². The van der Waals surface area contributed by atoms with Gasteiger partial charge in [0.15, 0.2) is 0 Å². The predicted octanol–water partition coefficient (Wildman–Crippen LogP) is 4.94. The molecule has 2 unspecified atom stereocenters. The molecule has 0 N–H and O–H groups in total. The van der Waals surface area contributed by atoms with Crippen LogP contribution in [0.5, 0.6) is 11.5 Å². The normalized spacial score (nSPS) is 23.1. The molecule has 106 valence electrons. The van der Waals surface area contributed by atoms with Gasteiger partial charge >= 0.3 is 0 Å². The second-order valence-corrected chi connectivity index (χ2v) is 5.78. The van der Waals surface area contributed by atoms with Crippen LogP contribution in [0.25, 0.3) is 0 Å². The van der Waals surface area contributed by atoms with Gasteiger partial charge in [-0.2, -0.15) is 0 Å². The van der Waals surface area contributed by atoms with Crippen molar-refractivity contribution in [1.29, 1.82) is 0 Å². The fourth-order valence-corrected chi connectivity index (χ4v) is 3.30. The van der Waals surface area contributed by atoms with E-state index in [1.165, 1.54) is 37.7 Å². The Morgan fingerprint density at radius 1 is 1.26 bits per heavy atom. The molecule has 1 aliphatic rings. The summed E-state index contributed by atoms with van der Waals surface area (Å²) in [6, 6.07) is 6.08. The highest BCUT2D eigenvalue weighted by molar-refractivity contribution is 9.08. The van der Waals surface area contributed by atoms with Crippen molar-refractivity contribution < 1.29 is 9.47 Å². The number of halogens is 1. The lowest BCUT2D eigenvalue weighted by atomic mass is 9.84. The van der Waals surface area contributed by atoms with E-state index < -0.39 is 0 Å². The van der Waals surface area contributed by atoms with Crippen LogP contribution in [0.3, 0.4) is 0 Å². The first-order valence-electron chi connectivity index (χ1n) is 7.18. The molecule has 2 rings (SSSR count). The monoisotopic (exact) mass is 326 g/mol. The second-order valence-electron chi connectivity index (χ2n) is 5.22. The minimum Gasteiger partial charge on any atom is -0.497 e. The number of alkyl halides is 1. The third-order valence-electron chi connectivity index (χ3n) is 4.06. The van der Waals surface area contributed by atoms with Crippen molar-refractivity contribution in [3.63, 3.8) is 0 Å². The number of methoxy groups -OCH3 is 1. The third-order valence-corrected chi connectivity index (χ3v) is 4.66. The maximum atomic E-state index is 6.31. The zero-order valence-electron chi connectivity index (χ0n) is 11.8. The quantitative estimate of drug-likeness (QED) is 0.713. The molecule has 0 aromatic heterocycles. The third kappa shape index (κ3) is 3.65. The molecular weight excluding hydrogens is 304 g/mol. The highest BCUT2D eigenvalue weighted by Gasteiger charge is 2.25. The fourth-order valence-electron chi connectivity index (χ4n) is 2.84. The number of hydrogen-bond acceptors (Lipinski definition) is 2. The van der Waals surface area contributed by atoms with Gasteiger partial charge in [-0.15, -0.1) is 0 Å². The van der Waals surface area contributed by atoms with Gasteiger partial charge in [-0.1, -0.05) is 35.3 Å². The molecule has 0 bridgehead atoms. The number of rotatable bonds is 5. The maximum Gasteiger partial charge on any atom is 0.127 e. The molecule has 1 saturated carbocycles. The molecule has 0 amide bonds. The van der Waals surface area contributed by atoms with Gasteiger partial charge in [0.2, 0.25) is 0 Å². The van der Waals surface area contributed by atoms with Crippen LogP contribution >= 0.6 is 15.9 Å². The molecule has 1 aromatic carbocycles. The number of hydrogen-bond donors (Lipinski definition) is 0. The predicted molar refractivity (Wildman–Crippen MR) is 82.3 cm³/mol. The Morgan fingerprint density at radius 3 is 2.74 bits per heavy atom. The van der Waals surface area contributed by atoms with Crippen LogP contribution in [-0.4, -0.2) is 13.2 Å². The van der Waals surface area contributed by atoms with E-state index in [0.717, 1.165) is 16.8 Å². The Bertz CT molecular complexity index is 406. The topological polar surface area (TPSA) is 18.5 Å². The van der Waals surface area contributed by atoms with Gasteiger partial charge < -0.3 is 9.47 Å². The van der Waals surface area contributed by atoms with Crippen molar-refractivity contribution in [3.05, 3.63) is 23.8 Å². The molecule has 0 spiro atoms. The van der Waals surface area contributed by atoms with Crippen molar-refractivity contribution in [2.24, 2.45) is 5.92 Å². The van der Waals surface area contributed by atoms with Gasteiger partial charge in [0.1, 0.15) is 17.6 Å². The van der Waals surface area contributed by atoms with Gasteiger partial charge in [0.25, 0.3) is 0 Å². The van der Waals surface area contributed by atoms with Crippen LogP contribution in [0, 0.1) is 5.92 Å². The van der Waals surface area contributed by atoms with Crippen molar-refractivity contribution in [2.75, 3.05) is 7.11 Å². The molecule has 0 radical (unpaired) electrons. The Labute approximate surface area is 124 Å². The van der Waals surface area contributed by atoms with Crippen LogP contribution in [0.15, 0.2) is 18.2 Å². The van der Waals surface area contributed by atoms with E-state index in [1.54, 1.807) is 7.11 Å². The summed E-state index contributed by atoms with van der Waals surface area (Å²) >= 11 is 3.53. The van der Waals surface area contributed by atoms with E-state index in [1.807, 2.05) is 12.1 Å². The second kappa shape index (κ2) is 7.18. The molecule has 2 nitrogen and oxygen atoms in total. The Morgan fingerprint density at radius 2 is 2.05 bits per heavy atom. The SMILES string of the molecule is CCC1CCCCC1Oc1cc(OC)ccc1CBr. The van der Waals surface area contributed by atoms with E-state index in [-0.39, 0.29) is 0 Å². The van der Waals surface area contributed by atoms with Gasteiger partial charge in [-0.3, -0.25) is 0 Å². The Kier molecular flexibility index (Phi) is 5.56. The van der Waals surface area contributed by atoms with Gasteiger partial charge in [-0.05, 0) is 37.7 Å². The van der Waals surface area contributed by atoms with E-state index >= 15 is 0 Å². The molecule has 1 aromatic rings. The van der Waals surface area contributed by atoms with Crippen molar-refractivity contribution in [1.82, 2.24) is 0 Å². The smallest absolute Gasteiger partial charge is 0.127 e. The number of ether oxygens (including phenoxy) is 2. The zero-order valence-corrected chi connectivity index (χ0v) is 13.4. The van der Waals surface area contributed by atoms with Gasteiger partial charge in [0.05, 0.1) is 7.11 Å². The molecular formula is C16H23BrO2. The molecule has 19 heavy (non-hydrogen) atoms. The van der Waals surface area contributed by atoms with Gasteiger partial charge in [0, 0.05) is 17.0 Å². The summed E-state index contributed by atoms with van der Waals surface area (Å²) in [5, 5.41) is 0.815. The molecule has 2 atom stereocenters. The fraction of sp³-hybridized carbons (Fsp3) is 0.625. The summed E-state index contributed by atoms with van der Waals surface area (Å²) in [4.78, 5) is 0. The lowest BCUT2D eigenvalue weighted by Crippen LogP contribution is -2.30. The first-order chi connectivity index (χ1) is 9.28. The first-order valence-corrected chi connectivity index (χ1v) is 8.30. The minimum absolute atomic E-state index is 0.364. The van der Waals surface area contributed by atoms with Crippen LogP contribution in [0.1, 0.15) is 44.6 Å². The van der Waals surface area contributed by atoms with E-state index in [0.29, 0.717) is 12.0 Å². The van der Waals surface area contributed by atoms with Gasteiger partial charge in [-0.25, -0.2) is 0 Å². The molecule has 0 heterocycles. The molecule has 1 fully saturated rings. The van der Waals surface area contributed by atoms with Crippen LogP contribution in [0.2, 0.25) is 0 Å². The van der Waals surface area contributed by atoms with Crippen LogP contribution < -0.4 is 9.47 Å². The minimum atomic E-state index is 0.364. The Balaban J connectivity index is 2.16. The molecule has 0 aliphatic heterocycles. The Hall–Kier alpha value is -0.700. The first kappa shape index (κ1) is 14.7. The summed E-state index contributed by atoms with van der Waals surface area (Å²) in [5.41, 5.74) is 1.20. The maximum absolute atomic E-state index is 6.31. The average molecular weight is 327 g/mol. The summed E-state index contributed by atoms with van der Waals surface area (Å²) in [7, 11) is 1.70. The summed E-state index contributed by atoms with van der Waals surface area (Å²) in [6.07, 6.45) is 6.68. The average Bonchev–Trinajstić information content (AvgIpc) is 2.47. The standard InChI is InChI=1S/C16H23BrO2/c1-3-12-6-4-5-7-15(12)19-16-10-14(18-2)9-8-13(16)11-17/h8-10,12,15H,3-7,11H2,1-2H3. The molecule has 3 heteroatoms. The van der Waals surface area contributed by atoms with Crippen molar-refractivity contribution in [2.45, 2.75) is 50.5 Å². The summed E-state index contributed by atoms with van der Waals surface area (Å²) < 4.78 is 11.6. The van der Waals surface area contributed by atoms with Crippen LogP contribution in [-0.2, 0) is 5.33 Å². The zero-order chi connectivity index (χ0) is 13.7. The molecule has 0 saturated heterocycles. The van der Waals surface area contributed by atoms with E-state index in [2.05, 4.69) is 28.9 Å². The highest BCUT2D eigenvalue weighted by Crippen LogP contribution is 2.34. The van der Waals surface area contributed by atoms with Crippen LogP contribution in [0.4, 0.5) is 0 Å². The lowest BCUT2D eigenvalue weighted by Gasteiger charge is -2.31. The van der Waals surface area contributed by atoms with Crippen molar-refractivity contribution >= 4 is 15.9 Å². The summed E-state index contributed by atoms with van der Waals surface area (Å²) in [6.45, 7) is 2.27. The molecule has 1 aliphatic carbocycles. The van der Waals surface area contributed by atoms with Crippen molar-refractivity contribution in [3.8, 4) is 11.5 Å². The lowest BCUT2D eigenvalue weighted by molar-refractivity contribution is 0.0894.